The highest BCUT2D eigenvalue weighted by molar-refractivity contribution is 5.69. The van der Waals surface area contributed by atoms with E-state index in [2.05, 4.69) is 0 Å². The molecule has 2 rings (SSSR count). The molecule has 20 heavy (non-hydrogen) atoms. The molecule has 1 fully saturated rings. The van der Waals surface area contributed by atoms with E-state index in [1.54, 1.807) is 7.11 Å². The molecule has 4 nitrogen and oxygen atoms in total. The summed E-state index contributed by atoms with van der Waals surface area (Å²) in [5.74, 6) is 0.561. The summed E-state index contributed by atoms with van der Waals surface area (Å²) < 4.78 is 11.4. The molecule has 1 aromatic carbocycles. The summed E-state index contributed by atoms with van der Waals surface area (Å²) in [7, 11) is 1.61. The normalized spacial score (nSPS) is 15.6. The Balaban J connectivity index is 2.37. The lowest BCUT2D eigenvalue weighted by Crippen LogP contribution is -2.28. The number of carboxylic acids is 1. The van der Waals surface area contributed by atoms with E-state index in [-0.39, 0.29) is 12.5 Å². The maximum Gasteiger partial charge on any atom is 0.304 e. The van der Waals surface area contributed by atoms with Crippen molar-refractivity contribution in [2.45, 2.75) is 51.0 Å². The number of hydrogen-bond donors (Lipinski definition) is 1. The van der Waals surface area contributed by atoms with Crippen LogP contribution in [0.25, 0.3) is 0 Å². The van der Waals surface area contributed by atoms with Crippen LogP contribution in [-0.2, 0) is 10.2 Å². The predicted molar refractivity (Wildman–Crippen MR) is 76.5 cm³/mol. The quantitative estimate of drug-likeness (QED) is 0.866. The van der Waals surface area contributed by atoms with Gasteiger partial charge in [-0.2, -0.15) is 0 Å². The van der Waals surface area contributed by atoms with Crippen molar-refractivity contribution in [2.24, 2.45) is 0 Å². The number of carboxylic acid groups (broad SMARTS) is 1. The van der Waals surface area contributed by atoms with Crippen molar-refractivity contribution >= 4 is 5.97 Å². The Morgan fingerprint density at radius 1 is 1.40 bits per heavy atom. The fourth-order valence-electron chi connectivity index (χ4n) is 2.46. The third-order valence-corrected chi connectivity index (χ3v) is 3.86. The second-order valence-corrected chi connectivity index (χ2v) is 5.96. The molecular formula is C16H22O4. The molecule has 0 bridgehead atoms. The molecule has 0 unspecified atom stereocenters. The molecule has 0 radical (unpaired) electrons. The average Bonchev–Trinajstić information content (AvgIpc) is 2.31. The molecule has 0 saturated heterocycles. The summed E-state index contributed by atoms with van der Waals surface area (Å²) in [5, 5.41) is 9.09. The van der Waals surface area contributed by atoms with E-state index in [9.17, 15) is 4.79 Å². The maximum absolute atomic E-state index is 11.1. The number of para-hydroxylation sites is 1. The molecule has 1 aromatic rings. The first-order chi connectivity index (χ1) is 9.44. The number of hydrogen-bond acceptors (Lipinski definition) is 3. The van der Waals surface area contributed by atoms with Gasteiger partial charge in [-0.15, -0.1) is 0 Å². The SMILES string of the molecule is COc1cccc(C(C)(C)CC(=O)O)c1OC1CCC1. The van der Waals surface area contributed by atoms with Gasteiger partial charge >= 0.3 is 5.97 Å². The lowest BCUT2D eigenvalue weighted by molar-refractivity contribution is -0.138. The number of carbonyl (C=O) groups is 1. The first-order valence-corrected chi connectivity index (χ1v) is 7.00. The number of benzene rings is 1. The van der Waals surface area contributed by atoms with Crippen molar-refractivity contribution in [3.8, 4) is 11.5 Å². The topological polar surface area (TPSA) is 55.8 Å². The van der Waals surface area contributed by atoms with Gasteiger partial charge in [-0.05, 0) is 25.3 Å². The highest BCUT2D eigenvalue weighted by Crippen LogP contribution is 2.42. The Morgan fingerprint density at radius 2 is 2.10 bits per heavy atom. The lowest BCUT2D eigenvalue weighted by atomic mass is 9.80. The minimum absolute atomic E-state index is 0.0567. The van der Waals surface area contributed by atoms with Crippen LogP contribution in [-0.4, -0.2) is 24.3 Å². The Hall–Kier alpha value is -1.71. The van der Waals surface area contributed by atoms with Gasteiger partial charge in [0.2, 0.25) is 0 Å². The van der Waals surface area contributed by atoms with Gasteiger partial charge in [-0.1, -0.05) is 26.0 Å². The lowest BCUT2D eigenvalue weighted by Gasteiger charge is -2.32. The van der Waals surface area contributed by atoms with Crippen LogP contribution < -0.4 is 9.47 Å². The van der Waals surface area contributed by atoms with E-state index < -0.39 is 11.4 Å². The largest absolute Gasteiger partial charge is 0.493 e. The standard InChI is InChI=1S/C16H22O4/c1-16(2,10-14(17)18)12-8-5-9-13(19-3)15(12)20-11-6-4-7-11/h5,8-9,11H,4,6-7,10H2,1-3H3,(H,17,18). The summed E-state index contributed by atoms with van der Waals surface area (Å²) in [5.41, 5.74) is 0.394. The number of aliphatic carboxylic acids is 1. The maximum atomic E-state index is 11.1. The number of methoxy groups -OCH3 is 1. The fraction of sp³-hybridized carbons (Fsp3) is 0.562. The van der Waals surface area contributed by atoms with Gasteiger partial charge < -0.3 is 14.6 Å². The monoisotopic (exact) mass is 278 g/mol. The fourth-order valence-corrected chi connectivity index (χ4v) is 2.46. The van der Waals surface area contributed by atoms with Crippen molar-refractivity contribution in [1.29, 1.82) is 0 Å². The van der Waals surface area contributed by atoms with Crippen LogP contribution in [0.5, 0.6) is 11.5 Å². The van der Waals surface area contributed by atoms with Gasteiger partial charge in [0.05, 0.1) is 19.6 Å². The van der Waals surface area contributed by atoms with Gasteiger partial charge in [-0.25, -0.2) is 0 Å². The van der Waals surface area contributed by atoms with Crippen LogP contribution in [0.4, 0.5) is 0 Å². The molecule has 1 aliphatic rings. The van der Waals surface area contributed by atoms with Crippen molar-refractivity contribution < 1.29 is 19.4 Å². The van der Waals surface area contributed by atoms with Crippen LogP contribution in [0.15, 0.2) is 18.2 Å². The van der Waals surface area contributed by atoms with Crippen LogP contribution in [0, 0.1) is 0 Å². The third kappa shape index (κ3) is 3.06. The molecule has 4 heteroatoms. The first kappa shape index (κ1) is 14.7. The second kappa shape index (κ2) is 5.73. The van der Waals surface area contributed by atoms with Gasteiger partial charge in [0, 0.05) is 11.0 Å². The smallest absolute Gasteiger partial charge is 0.304 e. The molecule has 0 heterocycles. The molecule has 1 N–H and O–H groups in total. The van der Waals surface area contributed by atoms with Crippen LogP contribution in [0.2, 0.25) is 0 Å². The summed E-state index contributed by atoms with van der Waals surface area (Å²) in [6.45, 7) is 3.84. The van der Waals surface area contributed by atoms with E-state index in [4.69, 9.17) is 14.6 Å². The van der Waals surface area contributed by atoms with Crippen LogP contribution in [0.1, 0.15) is 45.1 Å². The molecule has 0 amide bonds. The minimum Gasteiger partial charge on any atom is -0.493 e. The number of rotatable bonds is 6. The molecular weight excluding hydrogens is 256 g/mol. The third-order valence-electron chi connectivity index (χ3n) is 3.86. The number of ether oxygens (including phenoxy) is 2. The van der Waals surface area contributed by atoms with E-state index in [0.29, 0.717) is 11.5 Å². The molecule has 0 atom stereocenters. The first-order valence-electron chi connectivity index (χ1n) is 7.00. The molecule has 0 aliphatic heterocycles. The van der Waals surface area contributed by atoms with E-state index in [1.165, 1.54) is 6.42 Å². The Labute approximate surface area is 119 Å². The van der Waals surface area contributed by atoms with Crippen molar-refractivity contribution in [1.82, 2.24) is 0 Å². The highest BCUT2D eigenvalue weighted by Gasteiger charge is 2.31. The minimum atomic E-state index is -0.813. The van der Waals surface area contributed by atoms with Crippen molar-refractivity contribution in [2.75, 3.05) is 7.11 Å². The van der Waals surface area contributed by atoms with Crippen molar-refractivity contribution in [3.05, 3.63) is 23.8 Å². The molecule has 0 aromatic heterocycles. The van der Waals surface area contributed by atoms with Crippen LogP contribution in [0.3, 0.4) is 0 Å². The van der Waals surface area contributed by atoms with Crippen LogP contribution >= 0.6 is 0 Å². The molecule has 0 spiro atoms. The summed E-state index contributed by atoms with van der Waals surface area (Å²) in [6.07, 6.45) is 3.58. The predicted octanol–water partition coefficient (Wildman–Crippen LogP) is 3.38. The summed E-state index contributed by atoms with van der Waals surface area (Å²) >= 11 is 0. The Morgan fingerprint density at radius 3 is 2.60 bits per heavy atom. The Kier molecular flexibility index (Phi) is 4.21. The van der Waals surface area contributed by atoms with Gasteiger partial charge in [0.25, 0.3) is 0 Å². The van der Waals surface area contributed by atoms with Gasteiger partial charge in [-0.3, -0.25) is 4.79 Å². The molecule has 110 valence electrons. The van der Waals surface area contributed by atoms with Crippen molar-refractivity contribution in [3.63, 3.8) is 0 Å². The molecule has 1 saturated carbocycles. The van der Waals surface area contributed by atoms with E-state index in [0.717, 1.165) is 18.4 Å². The second-order valence-electron chi connectivity index (χ2n) is 5.96. The zero-order valence-corrected chi connectivity index (χ0v) is 12.3. The van der Waals surface area contributed by atoms with E-state index >= 15 is 0 Å². The molecule has 1 aliphatic carbocycles. The van der Waals surface area contributed by atoms with E-state index in [1.807, 2.05) is 32.0 Å². The van der Waals surface area contributed by atoms with Gasteiger partial charge in [0.1, 0.15) is 0 Å². The zero-order chi connectivity index (χ0) is 14.8. The summed E-state index contributed by atoms with van der Waals surface area (Å²) in [4.78, 5) is 11.1. The zero-order valence-electron chi connectivity index (χ0n) is 12.3. The van der Waals surface area contributed by atoms with Gasteiger partial charge in [0.15, 0.2) is 11.5 Å². The Bertz CT molecular complexity index is 489. The summed E-state index contributed by atoms with van der Waals surface area (Å²) in [6, 6.07) is 5.67. The average molecular weight is 278 g/mol. The highest BCUT2D eigenvalue weighted by atomic mass is 16.5.